The number of amides is 1. The molecule has 4 aliphatic rings. The Labute approximate surface area is 230 Å². The molecule has 7 nitrogen and oxygen atoms in total. The predicted molar refractivity (Wildman–Crippen MR) is 140 cm³/mol. The molecule has 1 N–H and O–H groups in total. The lowest BCUT2D eigenvalue weighted by Gasteiger charge is -2.75. The number of benzene rings is 2. The number of methoxy groups -OCH3 is 1. The summed E-state index contributed by atoms with van der Waals surface area (Å²) in [5.74, 6) is -0.404. The molecule has 40 heavy (non-hydrogen) atoms. The summed E-state index contributed by atoms with van der Waals surface area (Å²) < 4.78 is 51.9. The van der Waals surface area contributed by atoms with E-state index >= 15 is 0 Å². The van der Waals surface area contributed by atoms with E-state index in [1.807, 2.05) is 18.2 Å². The van der Waals surface area contributed by atoms with Crippen LogP contribution in [0.1, 0.15) is 78.9 Å². The molecule has 212 valence electrons. The average Bonchev–Trinajstić information content (AvgIpc) is 3.33. The topological polar surface area (TPSA) is 82.5 Å². The molecule has 3 aliphatic carbocycles. The summed E-state index contributed by atoms with van der Waals surface area (Å²) in [4.78, 5) is 25.7. The van der Waals surface area contributed by atoms with Crippen molar-refractivity contribution in [3.8, 4) is 0 Å². The Morgan fingerprint density at radius 2 is 1.90 bits per heavy atom. The zero-order chi connectivity index (χ0) is 28.3. The summed E-state index contributed by atoms with van der Waals surface area (Å²) in [6, 6.07) is 10.8. The Hall–Kier alpha value is -3.40. The SMILES string of the molecule is COC(=O)CC12CC(NC(=O)c3nn(C4CCCCO4)c4cccc(Cc5ccc(C(F)(F)F)cc5)c34)(C1)[C@H]2C. The second kappa shape index (κ2) is 9.61. The van der Waals surface area contributed by atoms with Crippen molar-refractivity contribution in [2.75, 3.05) is 13.7 Å². The van der Waals surface area contributed by atoms with Crippen LogP contribution in [0.25, 0.3) is 10.9 Å². The van der Waals surface area contributed by atoms with E-state index in [0.717, 1.165) is 42.5 Å². The van der Waals surface area contributed by atoms with Crippen molar-refractivity contribution in [1.82, 2.24) is 15.1 Å². The van der Waals surface area contributed by atoms with Crippen LogP contribution in [0.3, 0.4) is 0 Å². The fraction of sp³-hybridized carbons (Fsp3) is 0.500. The molecule has 10 heteroatoms. The van der Waals surface area contributed by atoms with Gasteiger partial charge in [-0.05, 0) is 79.2 Å². The first-order chi connectivity index (χ1) is 19.1. The molecule has 0 spiro atoms. The van der Waals surface area contributed by atoms with Crippen LogP contribution in [-0.4, -0.2) is 40.9 Å². The van der Waals surface area contributed by atoms with Crippen LogP contribution in [0.4, 0.5) is 13.2 Å². The second-order valence-electron chi connectivity index (χ2n) is 11.6. The number of carbonyl (C=O) groups excluding carboxylic acids is 2. The molecule has 1 saturated heterocycles. The van der Waals surface area contributed by atoms with Gasteiger partial charge in [-0.2, -0.15) is 18.3 Å². The summed E-state index contributed by atoms with van der Waals surface area (Å²) >= 11 is 0. The Morgan fingerprint density at radius 3 is 2.52 bits per heavy atom. The molecule has 2 aromatic carbocycles. The minimum Gasteiger partial charge on any atom is -0.469 e. The molecule has 1 amide bonds. The molecule has 7 rings (SSSR count). The van der Waals surface area contributed by atoms with Gasteiger partial charge < -0.3 is 14.8 Å². The summed E-state index contributed by atoms with van der Waals surface area (Å²) in [7, 11) is 1.38. The van der Waals surface area contributed by atoms with E-state index in [1.54, 1.807) is 4.68 Å². The number of alkyl halides is 3. The molecule has 0 radical (unpaired) electrons. The number of fused-ring (bicyclic) bond motifs is 1. The lowest BCUT2D eigenvalue weighted by Crippen LogP contribution is -2.81. The fourth-order valence-corrected chi connectivity index (χ4v) is 7.00. The molecular weight excluding hydrogens is 523 g/mol. The lowest BCUT2D eigenvalue weighted by molar-refractivity contribution is -0.223. The molecule has 3 saturated carbocycles. The van der Waals surface area contributed by atoms with Crippen molar-refractivity contribution in [3.63, 3.8) is 0 Å². The third-order valence-electron chi connectivity index (χ3n) is 9.31. The third-order valence-corrected chi connectivity index (χ3v) is 9.31. The normalized spacial score (nSPS) is 27.5. The van der Waals surface area contributed by atoms with Gasteiger partial charge in [-0.25, -0.2) is 4.68 Å². The van der Waals surface area contributed by atoms with Gasteiger partial charge in [0, 0.05) is 17.5 Å². The highest BCUT2D eigenvalue weighted by atomic mass is 19.4. The number of aromatic nitrogens is 2. The van der Waals surface area contributed by atoms with Crippen molar-refractivity contribution in [2.45, 2.75) is 69.8 Å². The van der Waals surface area contributed by atoms with E-state index in [1.165, 1.54) is 19.2 Å². The van der Waals surface area contributed by atoms with E-state index in [0.29, 0.717) is 43.2 Å². The maximum absolute atomic E-state index is 13.8. The second-order valence-corrected chi connectivity index (χ2v) is 11.6. The number of hydrogen-bond acceptors (Lipinski definition) is 5. The van der Waals surface area contributed by atoms with Crippen LogP contribution in [0.2, 0.25) is 0 Å². The average molecular weight is 556 g/mol. The highest BCUT2D eigenvalue weighted by molar-refractivity contribution is 6.06. The Bertz CT molecular complexity index is 1450. The van der Waals surface area contributed by atoms with Crippen molar-refractivity contribution < 1.29 is 32.2 Å². The zero-order valence-corrected chi connectivity index (χ0v) is 22.5. The summed E-state index contributed by atoms with van der Waals surface area (Å²) in [6.07, 6.45) is 0.146. The van der Waals surface area contributed by atoms with Gasteiger partial charge in [0.1, 0.15) is 0 Å². The lowest BCUT2D eigenvalue weighted by atomic mass is 9.32. The number of nitrogens with zero attached hydrogens (tertiary/aromatic N) is 2. The quantitative estimate of drug-likeness (QED) is 0.373. The Morgan fingerprint density at radius 1 is 1.15 bits per heavy atom. The smallest absolute Gasteiger partial charge is 0.416 e. The first-order valence-corrected chi connectivity index (χ1v) is 13.7. The predicted octanol–water partition coefficient (Wildman–Crippen LogP) is 5.81. The van der Waals surface area contributed by atoms with Gasteiger partial charge in [-0.3, -0.25) is 9.59 Å². The molecule has 1 aromatic heterocycles. The van der Waals surface area contributed by atoms with Gasteiger partial charge in [-0.1, -0.05) is 31.2 Å². The molecule has 1 unspecified atom stereocenters. The number of hydrogen-bond donors (Lipinski definition) is 1. The van der Waals surface area contributed by atoms with Gasteiger partial charge in [-0.15, -0.1) is 0 Å². The van der Waals surface area contributed by atoms with Crippen molar-refractivity contribution in [3.05, 3.63) is 64.8 Å². The van der Waals surface area contributed by atoms with E-state index < -0.39 is 11.7 Å². The van der Waals surface area contributed by atoms with Gasteiger partial charge >= 0.3 is 12.1 Å². The molecular formula is C30H32F3N3O4. The minimum absolute atomic E-state index is 0.129. The number of halogens is 3. The van der Waals surface area contributed by atoms with Gasteiger partial charge in [0.15, 0.2) is 11.9 Å². The van der Waals surface area contributed by atoms with Crippen LogP contribution < -0.4 is 5.32 Å². The van der Waals surface area contributed by atoms with Crippen LogP contribution in [0.15, 0.2) is 42.5 Å². The van der Waals surface area contributed by atoms with E-state index in [2.05, 4.69) is 12.2 Å². The molecule has 2 atom stereocenters. The van der Waals surface area contributed by atoms with Gasteiger partial charge in [0.05, 0.1) is 24.6 Å². The maximum Gasteiger partial charge on any atom is 0.416 e. The molecule has 2 bridgehead atoms. The van der Waals surface area contributed by atoms with E-state index in [-0.39, 0.29) is 40.7 Å². The zero-order valence-electron chi connectivity index (χ0n) is 22.5. The van der Waals surface area contributed by atoms with E-state index in [9.17, 15) is 22.8 Å². The highest BCUT2D eigenvalue weighted by Crippen LogP contribution is 2.72. The van der Waals surface area contributed by atoms with Crippen molar-refractivity contribution in [1.29, 1.82) is 0 Å². The summed E-state index contributed by atoms with van der Waals surface area (Å²) in [6.45, 7) is 2.67. The number of nitrogens with one attached hydrogen (secondary N) is 1. The molecule has 2 heterocycles. The third kappa shape index (κ3) is 4.36. The number of rotatable bonds is 7. The van der Waals surface area contributed by atoms with Crippen molar-refractivity contribution >= 4 is 22.8 Å². The minimum atomic E-state index is -4.40. The van der Waals surface area contributed by atoms with Gasteiger partial charge in [0.2, 0.25) is 0 Å². The Balaban J connectivity index is 1.32. The Kier molecular flexibility index (Phi) is 6.44. The highest BCUT2D eigenvalue weighted by Gasteiger charge is 2.74. The van der Waals surface area contributed by atoms with Crippen LogP contribution >= 0.6 is 0 Å². The summed E-state index contributed by atoms with van der Waals surface area (Å²) in [5.41, 5.74) is 1.33. The standard InChI is InChI=1S/C30H32F3N3O4/c1-18-28(15-24(37)39-2)16-29(18,17-28)34-27(38)26-25-20(14-19-9-11-21(12-10-19)30(31,32)33)6-5-7-22(25)36(35-26)23-8-3-4-13-40-23/h5-7,9-12,18,23H,3-4,8,13-17H2,1-2H3,(H,34,38)/t18-,23?,28?,29?/m0/s1. The van der Waals surface area contributed by atoms with Crippen LogP contribution in [0.5, 0.6) is 0 Å². The molecule has 1 aliphatic heterocycles. The van der Waals surface area contributed by atoms with Crippen LogP contribution in [0, 0.1) is 11.3 Å². The maximum atomic E-state index is 13.8. The van der Waals surface area contributed by atoms with Crippen LogP contribution in [-0.2, 0) is 26.9 Å². The first-order valence-electron chi connectivity index (χ1n) is 13.7. The monoisotopic (exact) mass is 555 g/mol. The first kappa shape index (κ1) is 26.8. The largest absolute Gasteiger partial charge is 0.469 e. The fourth-order valence-electron chi connectivity index (χ4n) is 7.00. The number of esters is 1. The van der Waals surface area contributed by atoms with Crippen molar-refractivity contribution in [2.24, 2.45) is 11.3 Å². The number of ether oxygens (including phenoxy) is 2. The molecule has 3 aromatic rings. The molecule has 4 fully saturated rings. The van der Waals surface area contributed by atoms with E-state index in [4.69, 9.17) is 14.6 Å². The van der Waals surface area contributed by atoms with Gasteiger partial charge in [0.25, 0.3) is 5.91 Å². The number of carbonyl (C=O) groups is 2. The summed E-state index contributed by atoms with van der Waals surface area (Å²) in [5, 5.41) is 8.69.